The fourth-order valence-electron chi connectivity index (χ4n) is 8.03. The van der Waals surface area contributed by atoms with Gasteiger partial charge in [0.05, 0.1) is 6.04 Å². The van der Waals surface area contributed by atoms with E-state index in [-0.39, 0.29) is 30.5 Å². The Morgan fingerprint density at radius 1 is 0.907 bits per heavy atom. The van der Waals surface area contributed by atoms with Gasteiger partial charge in [0.25, 0.3) is 5.91 Å². The van der Waals surface area contributed by atoms with E-state index in [1.165, 1.54) is 6.07 Å². The molecular weight excluding hydrogens is 685 g/mol. The lowest BCUT2D eigenvalue weighted by Gasteiger charge is -2.42. The van der Waals surface area contributed by atoms with Gasteiger partial charge in [-0.3, -0.25) is 4.79 Å². The third-order valence-corrected chi connectivity index (χ3v) is 10.5. The van der Waals surface area contributed by atoms with Crippen molar-refractivity contribution in [3.8, 4) is 22.3 Å². The van der Waals surface area contributed by atoms with E-state index in [2.05, 4.69) is 50.4 Å². The highest BCUT2D eigenvalue weighted by Gasteiger charge is 2.40. The minimum atomic E-state index is -0.581. The van der Waals surface area contributed by atoms with E-state index >= 15 is 4.39 Å². The Bertz CT molecular complexity index is 2060. The predicted octanol–water partition coefficient (Wildman–Crippen LogP) is 9.51. The molecule has 0 radical (unpaired) electrons. The van der Waals surface area contributed by atoms with Crippen LogP contribution < -0.4 is 5.32 Å². The maximum atomic E-state index is 15.2. The van der Waals surface area contributed by atoms with Crippen LogP contribution in [-0.4, -0.2) is 53.9 Å². The summed E-state index contributed by atoms with van der Waals surface area (Å²) in [7, 11) is 0. The maximum absolute atomic E-state index is 15.2. The van der Waals surface area contributed by atoms with Crippen LogP contribution in [0.1, 0.15) is 74.4 Å². The Hall–Kier alpha value is -5.28. The van der Waals surface area contributed by atoms with Crippen LogP contribution >= 0.6 is 0 Å². The number of alkyl carbamates (subject to hydrolysis) is 1. The molecule has 1 saturated heterocycles. The van der Waals surface area contributed by atoms with Crippen molar-refractivity contribution in [1.82, 2.24) is 14.8 Å². The Morgan fingerprint density at radius 3 is 2.26 bits per heavy atom. The van der Waals surface area contributed by atoms with Gasteiger partial charge in [0.2, 0.25) is 0 Å². The smallest absolute Gasteiger partial charge is 0.407 e. The van der Waals surface area contributed by atoms with Crippen molar-refractivity contribution in [2.24, 2.45) is 5.41 Å². The van der Waals surface area contributed by atoms with Crippen LogP contribution in [0.4, 0.5) is 13.6 Å². The van der Waals surface area contributed by atoms with E-state index in [1.54, 1.807) is 0 Å². The van der Waals surface area contributed by atoms with Gasteiger partial charge in [-0.1, -0.05) is 99.6 Å². The Kier molecular flexibility index (Phi) is 11.0. The van der Waals surface area contributed by atoms with Crippen molar-refractivity contribution >= 4 is 12.0 Å². The number of benzene rings is 4. The van der Waals surface area contributed by atoms with Gasteiger partial charge in [-0.25, -0.2) is 13.6 Å². The van der Waals surface area contributed by atoms with Crippen LogP contribution in [0.5, 0.6) is 0 Å². The monoisotopic (exact) mass is 731 g/mol. The highest BCUT2D eigenvalue weighted by atomic mass is 19.1. The summed E-state index contributed by atoms with van der Waals surface area (Å²) in [5.74, 6) is -1.23. The first-order valence-corrected chi connectivity index (χ1v) is 18.8. The van der Waals surface area contributed by atoms with E-state index in [0.29, 0.717) is 38.1 Å². The highest BCUT2D eigenvalue weighted by molar-refractivity contribution is 5.82. The van der Waals surface area contributed by atoms with Crippen LogP contribution in [0.3, 0.4) is 0 Å². The summed E-state index contributed by atoms with van der Waals surface area (Å²) in [5.41, 5.74) is 6.61. The first-order chi connectivity index (χ1) is 26.1. The van der Waals surface area contributed by atoms with Crippen molar-refractivity contribution in [2.75, 3.05) is 26.3 Å². The van der Waals surface area contributed by atoms with E-state index in [1.807, 2.05) is 76.3 Å². The quantitative estimate of drug-likeness (QED) is 0.130. The fourth-order valence-corrected chi connectivity index (χ4v) is 8.03. The standard InChI is InChI=1S/C45H47F2N3O4/c1-45(2,3)42(40-25-31(37-26-32(46)20-21-39(37)47)28-49(40)27-30-13-5-4-6-14-30)50(43(51)41-19-11-24-53-41)23-12-22-48-44(52)54-29-38-35-17-9-7-15-33(35)34-16-8-10-18-36(34)38/h4-10,13-18,20-21,25-26,28,38,41-42H,11-12,19,22-24,27,29H2,1-3H3,(H,48,52)/t41-,42-/m0/s1. The summed E-state index contributed by atoms with van der Waals surface area (Å²) in [6.07, 6.45) is 2.62. The second-order valence-electron chi connectivity index (χ2n) is 15.3. The fraction of sp³-hybridized carbons (Fsp3) is 0.333. The molecule has 1 fully saturated rings. The molecule has 1 aromatic heterocycles. The van der Waals surface area contributed by atoms with E-state index in [0.717, 1.165) is 52.1 Å². The number of fused-ring (bicyclic) bond motifs is 3. The van der Waals surface area contributed by atoms with Gasteiger partial charge >= 0.3 is 6.09 Å². The number of carbonyl (C=O) groups is 2. The summed E-state index contributed by atoms with van der Waals surface area (Å²) in [6.45, 7) is 8.02. The number of carbonyl (C=O) groups excluding carboxylic acids is 2. The molecule has 7 rings (SSSR count). The highest BCUT2D eigenvalue weighted by Crippen LogP contribution is 2.45. The van der Waals surface area contributed by atoms with Gasteiger partial charge in [0.1, 0.15) is 24.3 Å². The molecule has 1 aliphatic carbocycles. The molecule has 0 bridgehead atoms. The Balaban J connectivity index is 1.11. The third kappa shape index (κ3) is 7.97. The SMILES string of the molecule is CC(C)(C)[C@H](c1cc(-c2cc(F)ccc2F)cn1Cc1ccccc1)N(CCCNC(=O)OCC1c2ccccc2-c2ccccc21)C(=O)[C@@H]1CCCO1. The number of rotatable bonds is 12. The first kappa shape index (κ1) is 37.1. The number of hydrogen-bond donors (Lipinski definition) is 1. The molecule has 0 unspecified atom stereocenters. The predicted molar refractivity (Wildman–Crippen MR) is 206 cm³/mol. The molecule has 2 amide bonds. The van der Waals surface area contributed by atoms with Crippen molar-refractivity contribution in [3.05, 3.63) is 143 Å². The first-order valence-electron chi connectivity index (χ1n) is 18.8. The van der Waals surface area contributed by atoms with Crippen molar-refractivity contribution in [1.29, 1.82) is 0 Å². The topological polar surface area (TPSA) is 72.8 Å². The molecule has 0 saturated carbocycles. The lowest BCUT2D eigenvalue weighted by atomic mass is 9.82. The van der Waals surface area contributed by atoms with Crippen molar-refractivity contribution < 1.29 is 27.8 Å². The molecule has 4 aromatic carbocycles. The molecule has 54 heavy (non-hydrogen) atoms. The number of aromatic nitrogens is 1. The molecule has 280 valence electrons. The average Bonchev–Trinajstić information content (AvgIpc) is 3.92. The molecule has 1 N–H and O–H groups in total. The lowest BCUT2D eigenvalue weighted by Crippen LogP contribution is -2.47. The summed E-state index contributed by atoms with van der Waals surface area (Å²) in [4.78, 5) is 29.3. The summed E-state index contributed by atoms with van der Waals surface area (Å²) >= 11 is 0. The van der Waals surface area contributed by atoms with Gasteiger partial charge in [0.15, 0.2) is 0 Å². The van der Waals surface area contributed by atoms with Crippen molar-refractivity contribution in [3.63, 3.8) is 0 Å². The zero-order valence-electron chi connectivity index (χ0n) is 31.1. The molecule has 7 nitrogen and oxygen atoms in total. The number of nitrogens with one attached hydrogen (secondary N) is 1. The van der Waals surface area contributed by atoms with Crippen LogP contribution in [0, 0.1) is 17.0 Å². The molecule has 9 heteroatoms. The van der Waals surface area contributed by atoms with Gasteiger partial charge < -0.3 is 24.3 Å². The molecule has 2 heterocycles. The van der Waals surface area contributed by atoms with Crippen LogP contribution in [-0.2, 0) is 20.8 Å². The third-order valence-electron chi connectivity index (χ3n) is 10.5. The van der Waals surface area contributed by atoms with Crippen LogP contribution in [0.2, 0.25) is 0 Å². The van der Waals surface area contributed by atoms with E-state index in [4.69, 9.17) is 9.47 Å². The number of nitrogens with zero attached hydrogens (tertiary/aromatic N) is 2. The molecule has 0 spiro atoms. The second kappa shape index (κ2) is 16.0. The van der Waals surface area contributed by atoms with Gasteiger partial charge in [-0.15, -0.1) is 0 Å². The van der Waals surface area contributed by atoms with Gasteiger partial charge in [0, 0.05) is 55.2 Å². The Morgan fingerprint density at radius 2 is 1.59 bits per heavy atom. The van der Waals surface area contributed by atoms with E-state index < -0.39 is 35.3 Å². The zero-order chi connectivity index (χ0) is 37.8. The normalized spacial score (nSPS) is 15.8. The Labute approximate surface area is 315 Å². The zero-order valence-corrected chi connectivity index (χ0v) is 31.1. The maximum Gasteiger partial charge on any atom is 0.407 e. The van der Waals surface area contributed by atoms with E-state index in [9.17, 15) is 14.0 Å². The number of ether oxygens (including phenoxy) is 2. The minimum Gasteiger partial charge on any atom is -0.449 e. The number of halogens is 2. The lowest BCUT2D eigenvalue weighted by molar-refractivity contribution is -0.146. The summed E-state index contributed by atoms with van der Waals surface area (Å²) in [6, 6.07) is 31.2. The summed E-state index contributed by atoms with van der Waals surface area (Å²) < 4.78 is 43.4. The second-order valence-corrected chi connectivity index (χ2v) is 15.3. The van der Waals surface area contributed by atoms with Crippen LogP contribution in [0.25, 0.3) is 22.3 Å². The van der Waals surface area contributed by atoms with Gasteiger partial charge in [-0.05, 0) is 76.8 Å². The largest absolute Gasteiger partial charge is 0.449 e. The number of amides is 2. The van der Waals surface area contributed by atoms with Crippen molar-refractivity contribution in [2.45, 2.75) is 64.6 Å². The molecular formula is C45H47F2N3O4. The van der Waals surface area contributed by atoms with Gasteiger partial charge in [-0.2, -0.15) is 0 Å². The molecule has 1 aliphatic heterocycles. The molecule has 5 aromatic rings. The average molecular weight is 732 g/mol. The number of hydrogen-bond acceptors (Lipinski definition) is 4. The molecule has 2 aliphatic rings. The minimum absolute atomic E-state index is 0.0481. The molecule has 2 atom stereocenters. The summed E-state index contributed by atoms with van der Waals surface area (Å²) in [5, 5.41) is 2.90. The van der Waals surface area contributed by atoms with Crippen LogP contribution in [0.15, 0.2) is 109 Å².